The van der Waals surface area contributed by atoms with Crippen LogP contribution in [0.1, 0.15) is 20.7 Å². The van der Waals surface area contributed by atoms with Crippen molar-refractivity contribution < 1.29 is 19.1 Å². The van der Waals surface area contributed by atoms with Crippen LogP contribution in [-0.4, -0.2) is 27.5 Å². The topological polar surface area (TPSA) is 63.6 Å². The maximum atomic E-state index is 10.8. The normalized spacial score (nSPS) is 9.05. The highest BCUT2D eigenvalue weighted by atomic mass is 28.2. The van der Waals surface area contributed by atoms with Crippen molar-refractivity contribution in [2.45, 2.75) is 0 Å². The lowest BCUT2D eigenvalue weighted by atomic mass is 10.2. The zero-order valence-corrected chi connectivity index (χ0v) is 12.4. The fourth-order valence-corrected chi connectivity index (χ4v) is 1.51. The third kappa shape index (κ3) is 5.18. The van der Waals surface area contributed by atoms with Gasteiger partial charge < -0.3 is 9.53 Å². The quantitative estimate of drug-likeness (QED) is 0.843. The Bertz CT molecular complexity index is 526. The van der Waals surface area contributed by atoms with Crippen molar-refractivity contribution in [3.63, 3.8) is 0 Å². The molecule has 0 amide bonds. The molecule has 0 aromatic heterocycles. The molecule has 2 aromatic rings. The average molecular weight is 274 g/mol. The van der Waals surface area contributed by atoms with Crippen LogP contribution < -0.4 is 0 Å². The molecule has 0 unspecified atom stereocenters. The van der Waals surface area contributed by atoms with E-state index in [2.05, 4.69) is 4.43 Å². The fraction of sp³-hybridized carbons (Fsp3) is 0. The summed E-state index contributed by atoms with van der Waals surface area (Å²) in [5.74, 6) is -1.11. The van der Waals surface area contributed by atoms with Gasteiger partial charge in [-0.05, 0) is 24.3 Å². The zero-order chi connectivity index (χ0) is 14.1. The van der Waals surface area contributed by atoms with E-state index in [0.717, 1.165) is 0 Å². The van der Waals surface area contributed by atoms with Crippen molar-refractivity contribution >= 4 is 22.4 Å². The second-order valence-electron chi connectivity index (χ2n) is 3.53. The second-order valence-corrected chi connectivity index (χ2v) is 3.94. The third-order valence-electron chi connectivity index (χ3n) is 2.22. The third-order valence-corrected chi connectivity index (χ3v) is 2.59. The molecular formula is C14H14O4Si. The number of rotatable bonds is 2. The Morgan fingerprint density at radius 2 is 1.26 bits per heavy atom. The molecule has 19 heavy (non-hydrogen) atoms. The van der Waals surface area contributed by atoms with Gasteiger partial charge in [0.2, 0.25) is 10.5 Å². The lowest BCUT2D eigenvalue weighted by Gasteiger charge is -1.96. The molecule has 0 atom stereocenters. The van der Waals surface area contributed by atoms with E-state index in [0.29, 0.717) is 21.6 Å². The van der Waals surface area contributed by atoms with Gasteiger partial charge in [0.05, 0.1) is 11.1 Å². The van der Waals surface area contributed by atoms with Crippen LogP contribution in [-0.2, 0) is 4.43 Å². The predicted molar refractivity (Wildman–Crippen MR) is 75.2 cm³/mol. The highest BCUT2D eigenvalue weighted by Gasteiger charge is 1.99. The maximum Gasteiger partial charge on any atom is 0.335 e. The van der Waals surface area contributed by atoms with E-state index < -0.39 is 5.97 Å². The molecule has 0 spiro atoms. The molecule has 0 fully saturated rings. The van der Waals surface area contributed by atoms with E-state index in [1.807, 2.05) is 18.2 Å². The largest absolute Gasteiger partial charge is 0.525 e. The zero-order valence-electron chi connectivity index (χ0n) is 10.4. The number of carbonyl (C=O) groups is 2. The molecule has 0 saturated carbocycles. The van der Waals surface area contributed by atoms with Gasteiger partial charge in [-0.2, -0.15) is 0 Å². The van der Waals surface area contributed by atoms with E-state index in [9.17, 15) is 9.59 Å². The SMILES string of the molecule is O=C(O)c1ccccc1.O=C(O[SiH3])c1ccccc1. The minimum Gasteiger partial charge on any atom is -0.525 e. The van der Waals surface area contributed by atoms with E-state index in [1.54, 1.807) is 42.5 Å². The number of carboxylic acids is 1. The summed E-state index contributed by atoms with van der Waals surface area (Å²) in [4.78, 5) is 21.0. The van der Waals surface area contributed by atoms with Crippen LogP contribution in [0.5, 0.6) is 0 Å². The Balaban J connectivity index is 0.000000191. The Kier molecular flexibility index (Phi) is 6.04. The van der Waals surface area contributed by atoms with Crippen LogP contribution in [0.4, 0.5) is 0 Å². The van der Waals surface area contributed by atoms with Crippen LogP contribution in [0.25, 0.3) is 0 Å². The van der Waals surface area contributed by atoms with E-state index in [4.69, 9.17) is 5.11 Å². The fourth-order valence-electron chi connectivity index (χ4n) is 1.27. The van der Waals surface area contributed by atoms with E-state index in [-0.39, 0.29) is 5.97 Å². The van der Waals surface area contributed by atoms with Gasteiger partial charge in [-0.15, -0.1) is 0 Å². The lowest BCUT2D eigenvalue weighted by Crippen LogP contribution is -2.00. The van der Waals surface area contributed by atoms with Crippen molar-refractivity contribution in [3.8, 4) is 0 Å². The Labute approximate surface area is 114 Å². The van der Waals surface area contributed by atoms with Gasteiger partial charge in [-0.25, -0.2) is 9.59 Å². The molecule has 2 rings (SSSR count). The minimum atomic E-state index is -0.879. The van der Waals surface area contributed by atoms with Gasteiger partial charge in [0.15, 0.2) is 0 Å². The Morgan fingerprint density at radius 3 is 1.58 bits per heavy atom. The molecule has 0 aliphatic heterocycles. The molecule has 2 aromatic carbocycles. The molecule has 1 N–H and O–H groups in total. The smallest absolute Gasteiger partial charge is 0.335 e. The van der Waals surface area contributed by atoms with Gasteiger partial charge in [0, 0.05) is 0 Å². The number of benzene rings is 2. The van der Waals surface area contributed by atoms with Crippen LogP contribution >= 0.6 is 0 Å². The van der Waals surface area contributed by atoms with Gasteiger partial charge in [0.25, 0.3) is 0 Å². The molecule has 0 bridgehead atoms. The summed E-state index contributed by atoms with van der Waals surface area (Å²) >= 11 is 0. The van der Waals surface area contributed by atoms with Crippen molar-refractivity contribution in [1.29, 1.82) is 0 Å². The summed E-state index contributed by atoms with van der Waals surface area (Å²) in [6.07, 6.45) is 0. The number of carboxylic acid groups (broad SMARTS) is 1. The number of carbonyl (C=O) groups excluding carboxylic acids is 1. The standard InChI is InChI=1S/C7H8O2Si.C7H6O2/c8-7(9-10)6-4-2-1-3-5-6;8-7(9)6-4-2-1-3-5-6/h1-5H,10H3;1-5H,(H,8,9). The van der Waals surface area contributed by atoms with Gasteiger partial charge in [-0.1, -0.05) is 36.4 Å². The minimum absolute atomic E-state index is 0.229. The number of aromatic carboxylic acids is 1. The molecule has 4 nitrogen and oxygen atoms in total. The van der Waals surface area contributed by atoms with Gasteiger partial charge in [0.1, 0.15) is 0 Å². The summed E-state index contributed by atoms with van der Waals surface area (Å²) in [5, 5.41) is 8.38. The first-order valence-corrected chi connectivity index (χ1v) is 6.38. The molecule has 5 heteroatoms. The molecule has 98 valence electrons. The summed E-state index contributed by atoms with van der Waals surface area (Å²) < 4.78 is 4.64. The number of hydrogen-bond donors (Lipinski definition) is 1. The molecule has 0 saturated heterocycles. The highest BCUT2D eigenvalue weighted by Crippen LogP contribution is 1.98. The Morgan fingerprint density at radius 1 is 0.842 bits per heavy atom. The van der Waals surface area contributed by atoms with E-state index >= 15 is 0 Å². The molecule has 0 radical (unpaired) electrons. The van der Waals surface area contributed by atoms with Crippen molar-refractivity contribution in [1.82, 2.24) is 0 Å². The predicted octanol–water partition coefficient (Wildman–Crippen LogP) is 1.51. The summed E-state index contributed by atoms with van der Waals surface area (Å²) in [6, 6.07) is 17.3. The van der Waals surface area contributed by atoms with Crippen LogP contribution in [0.2, 0.25) is 0 Å². The van der Waals surface area contributed by atoms with Crippen LogP contribution in [0.15, 0.2) is 60.7 Å². The first-order chi connectivity index (χ1) is 9.15. The van der Waals surface area contributed by atoms with Gasteiger partial charge in [-0.3, -0.25) is 0 Å². The molecule has 0 aliphatic rings. The maximum absolute atomic E-state index is 10.8. The van der Waals surface area contributed by atoms with E-state index in [1.165, 1.54) is 0 Å². The van der Waals surface area contributed by atoms with Gasteiger partial charge >= 0.3 is 11.9 Å². The first-order valence-electron chi connectivity index (χ1n) is 5.57. The first kappa shape index (κ1) is 14.7. The number of hydrogen-bond acceptors (Lipinski definition) is 3. The average Bonchev–Trinajstić information content (AvgIpc) is 2.49. The monoisotopic (exact) mass is 274 g/mol. The van der Waals surface area contributed by atoms with Crippen molar-refractivity contribution in [2.24, 2.45) is 0 Å². The molecule has 0 heterocycles. The Hall–Kier alpha value is -2.40. The highest BCUT2D eigenvalue weighted by molar-refractivity contribution is 6.09. The molecular weight excluding hydrogens is 260 g/mol. The summed E-state index contributed by atoms with van der Waals surface area (Å²) in [5.41, 5.74) is 0.954. The van der Waals surface area contributed by atoms with Crippen molar-refractivity contribution in [2.75, 3.05) is 0 Å². The second kappa shape index (κ2) is 7.83. The lowest BCUT2D eigenvalue weighted by molar-refractivity contribution is 0.0695. The van der Waals surface area contributed by atoms with Crippen LogP contribution in [0, 0.1) is 0 Å². The van der Waals surface area contributed by atoms with Crippen molar-refractivity contribution in [3.05, 3.63) is 71.8 Å². The summed E-state index contributed by atoms with van der Waals surface area (Å²) in [6.45, 7) is 0. The van der Waals surface area contributed by atoms with Crippen LogP contribution in [0.3, 0.4) is 0 Å². The molecule has 0 aliphatic carbocycles. The summed E-state index contributed by atoms with van der Waals surface area (Å²) in [7, 11) is 0.458.